The number of halogens is 1. The largest absolute Gasteiger partial charge is 0.495 e. The SMILES string of the molecule is CNC(=O)c1c(-c2ccc(F)cc2)oc2ccc(-c3ccc(-c4cncc(OC)c4)c(C(=O)NCC(C)C)c3)cc12. The number of hydrogen-bond acceptors (Lipinski definition) is 5. The molecule has 0 saturated heterocycles. The van der Waals surface area contributed by atoms with Crippen molar-refractivity contribution in [3.63, 3.8) is 0 Å². The van der Waals surface area contributed by atoms with E-state index in [1.807, 2.05) is 50.2 Å². The van der Waals surface area contributed by atoms with Crippen molar-refractivity contribution < 1.29 is 23.1 Å². The Morgan fingerprint density at radius 3 is 2.32 bits per heavy atom. The topological polar surface area (TPSA) is 93.5 Å². The summed E-state index contributed by atoms with van der Waals surface area (Å²) in [7, 11) is 3.12. The molecule has 2 heterocycles. The van der Waals surface area contributed by atoms with E-state index in [-0.39, 0.29) is 23.5 Å². The number of ether oxygens (including phenoxy) is 1. The molecule has 0 spiro atoms. The number of benzene rings is 3. The molecule has 2 amide bonds. The van der Waals surface area contributed by atoms with Crippen LogP contribution in [-0.4, -0.2) is 37.5 Å². The lowest BCUT2D eigenvalue weighted by molar-refractivity contribution is 0.0946. The summed E-state index contributed by atoms with van der Waals surface area (Å²) in [5.74, 6) is 0.318. The molecule has 8 heteroatoms. The fourth-order valence-electron chi connectivity index (χ4n) is 4.67. The van der Waals surface area contributed by atoms with Crippen LogP contribution in [0.4, 0.5) is 4.39 Å². The van der Waals surface area contributed by atoms with Gasteiger partial charge in [-0.1, -0.05) is 32.0 Å². The highest BCUT2D eigenvalue weighted by molar-refractivity contribution is 6.12. The number of rotatable bonds is 8. The summed E-state index contributed by atoms with van der Waals surface area (Å²) in [5.41, 5.74) is 4.99. The molecular formula is C33H30FN3O4. The van der Waals surface area contributed by atoms with Crippen molar-refractivity contribution in [3.05, 3.63) is 96.1 Å². The van der Waals surface area contributed by atoms with E-state index in [1.165, 1.54) is 12.1 Å². The van der Waals surface area contributed by atoms with Crippen LogP contribution in [0.2, 0.25) is 0 Å². The van der Waals surface area contributed by atoms with Gasteiger partial charge in [-0.25, -0.2) is 4.39 Å². The summed E-state index contributed by atoms with van der Waals surface area (Å²) in [4.78, 5) is 30.7. The number of amides is 2. The monoisotopic (exact) mass is 551 g/mol. The fourth-order valence-corrected chi connectivity index (χ4v) is 4.67. The zero-order chi connectivity index (χ0) is 29.1. The van der Waals surface area contributed by atoms with E-state index in [0.29, 0.717) is 45.7 Å². The van der Waals surface area contributed by atoms with E-state index in [4.69, 9.17) is 9.15 Å². The Hall–Kier alpha value is -4.98. The lowest BCUT2D eigenvalue weighted by Crippen LogP contribution is -2.27. The lowest BCUT2D eigenvalue weighted by Gasteiger charge is -2.14. The van der Waals surface area contributed by atoms with E-state index in [2.05, 4.69) is 15.6 Å². The second kappa shape index (κ2) is 11.6. The molecular weight excluding hydrogens is 521 g/mol. The number of aromatic nitrogens is 1. The van der Waals surface area contributed by atoms with Crippen LogP contribution in [0.15, 0.2) is 83.5 Å². The van der Waals surface area contributed by atoms with Gasteiger partial charge >= 0.3 is 0 Å². The van der Waals surface area contributed by atoms with Crippen LogP contribution >= 0.6 is 0 Å². The van der Waals surface area contributed by atoms with E-state index < -0.39 is 0 Å². The van der Waals surface area contributed by atoms with Crippen molar-refractivity contribution in [2.75, 3.05) is 20.7 Å². The normalized spacial score (nSPS) is 11.1. The van der Waals surface area contributed by atoms with Crippen LogP contribution in [0.3, 0.4) is 0 Å². The molecule has 0 bridgehead atoms. The average molecular weight is 552 g/mol. The first-order valence-corrected chi connectivity index (χ1v) is 13.3. The van der Waals surface area contributed by atoms with Crippen molar-refractivity contribution in [1.82, 2.24) is 15.6 Å². The van der Waals surface area contributed by atoms with Crippen molar-refractivity contribution in [1.29, 1.82) is 0 Å². The second-order valence-corrected chi connectivity index (χ2v) is 10.1. The summed E-state index contributed by atoms with van der Waals surface area (Å²) in [6, 6.07) is 18.8. The molecule has 0 atom stereocenters. The molecule has 2 aromatic heterocycles. The smallest absolute Gasteiger partial charge is 0.255 e. The van der Waals surface area contributed by atoms with Gasteiger partial charge in [-0.05, 0) is 71.1 Å². The van der Waals surface area contributed by atoms with Gasteiger partial charge in [-0.15, -0.1) is 0 Å². The van der Waals surface area contributed by atoms with E-state index in [0.717, 1.165) is 22.3 Å². The fraction of sp³-hybridized carbons (Fsp3) is 0.182. The zero-order valence-corrected chi connectivity index (χ0v) is 23.2. The van der Waals surface area contributed by atoms with Gasteiger partial charge in [0.05, 0.1) is 18.9 Å². The summed E-state index contributed by atoms with van der Waals surface area (Å²) in [6.45, 7) is 4.60. The molecule has 0 aliphatic carbocycles. The predicted molar refractivity (Wildman–Crippen MR) is 157 cm³/mol. The number of pyridine rings is 1. The molecule has 7 nitrogen and oxygen atoms in total. The van der Waals surface area contributed by atoms with Gasteiger partial charge in [0.15, 0.2) is 0 Å². The zero-order valence-electron chi connectivity index (χ0n) is 23.2. The first-order valence-electron chi connectivity index (χ1n) is 13.3. The van der Waals surface area contributed by atoms with Crippen LogP contribution in [-0.2, 0) is 0 Å². The number of hydrogen-bond donors (Lipinski definition) is 2. The minimum absolute atomic E-state index is 0.201. The molecule has 0 aliphatic heterocycles. The number of nitrogens with one attached hydrogen (secondary N) is 2. The number of furan rings is 1. The molecule has 0 fully saturated rings. The maximum atomic E-state index is 13.6. The minimum atomic E-state index is -0.380. The molecule has 0 radical (unpaired) electrons. The van der Waals surface area contributed by atoms with Crippen molar-refractivity contribution >= 4 is 22.8 Å². The van der Waals surface area contributed by atoms with Gasteiger partial charge in [-0.3, -0.25) is 14.6 Å². The first kappa shape index (κ1) is 27.6. The Morgan fingerprint density at radius 1 is 0.902 bits per heavy atom. The quantitative estimate of drug-likeness (QED) is 0.223. The number of carbonyl (C=O) groups is 2. The average Bonchev–Trinajstić information content (AvgIpc) is 3.38. The third-order valence-corrected chi connectivity index (χ3v) is 6.78. The highest BCUT2D eigenvalue weighted by Gasteiger charge is 2.23. The van der Waals surface area contributed by atoms with Gasteiger partial charge in [0.1, 0.15) is 22.9 Å². The molecule has 0 saturated carbocycles. The lowest BCUT2D eigenvalue weighted by atomic mass is 9.94. The Morgan fingerprint density at radius 2 is 1.61 bits per heavy atom. The molecule has 0 unspecified atom stereocenters. The standard InChI is InChI=1S/C33H30FN3O4/c1-19(2)16-37-32(38)27-14-21(7-11-26(27)23-13-25(40-4)18-36-17-23)22-8-12-29-28(15-22)30(33(39)35-3)31(41-29)20-5-9-24(34)10-6-20/h5-15,17-19H,16H2,1-4H3,(H,35,39)(H,37,38). The third-order valence-electron chi connectivity index (χ3n) is 6.78. The number of carbonyl (C=O) groups excluding carboxylic acids is 2. The number of nitrogens with zero attached hydrogens (tertiary/aromatic N) is 1. The molecule has 3 aromatic carbocycles. The third kappa shape index (κ3) is 5.68. The van der Waals surface area contributed by atoms with Crippen LogP contribution in [0.5, 0.6) is 5.75 Å². The molecule has 0 aliphatic rings. The van der Waals surface area contributed by atoms with Crippen LogP contribution in [0.25, 0.3) is 44.5 Å². The molecule has 2 N–H and O–H groups in total. The summed E-state index contributed by atoms with van der Waals surface area (Å²) < 4.78 is 25.0. The number of fused-ring (bicyclic) bond motifs is 1. The maximum Gasteiger partial charge on any atom is 0.255 e. The van der Waals surface area contributed by atoms with Gasteiger partial charge < -0.3 is 19.8 Å². The summed E-state index contributed by atoms with van der Waals surface area (Å²) in [5, 5.41) is 6.30. The molecule has 5 rings (SSSR count). The maximum absolute atomic E-state index is 13.6. The van der Waals surface area contributed by atoms with Gasteiger partial charge in [0.25, 0.3) is 11.8 Å². The van der Waals surface area contributed by atoms with Crippen molar-refractivity contribution in [2.45, 2.75) is 13.8 Å². The van der Waals surface area contributed by atoms with Crippen molar-refractivity contribution in [2.24, 2.45) is 5.92 Å². The highest BCUT2D eigenvalue weighted by Crippen LogP contribution is 2.37. The minimum Gasteiger partial charge on any atom is -0.495 e. The summed E-state index contributed by atoms with van der Waals surface area (Å²) in [6.07, 6.45) is 3.31. The molecule has 41 heavy (non-hydrogen) atoms. The van der Waals surface area contributed by atoms with Gasteiger partial charge in [0, 0.05) is 41.9 Å². The Balaban J connectivity index is 1.64. The highest BCUT2D eigenvalue weighted by atomic mass is 19.1. The summed E-state index contributed by atoms with van der Waals surface area (Å²) >= 11 is 0. The van der Waals surface area contributed by atoms with Crippen molar-refractivity contribution in [3.8, 4) is 39.3 Å². The molecule has 208 valence electrons. The van der Waals surface area contributed by atoms with Crippen LogP contribution in [0.1, 0.15) is 34.6 Å². The van der Waals surface area contributed by atoms with Crippen LogP contribution in [0, 0.1) is 11.7 Å². The van der Waals surface area contributed by atoms with Crippen LogP contribution < -0.4 is 15.4 Å². The molecule has 5 aromatic rings. The Kier molecular flexibility index (Phi) is 7.83. The number of methoxy groups -OCH3 is 1. The van der Waals surface area contributed by atoms with E-state index >= 15 is 0 Å². The predicted octanol–water partition coefficient (Wildman–Crippen LogP) is 6.72. The van der Waals surface area contributed by atoms with Gasteiger partial charge in [0.2, 0.25) is 0 Å². The second-order valence-electron chi connectivity index (χ2n) is 10.1. The van der Waals surface area contributed by atoms with E-state index in [1.54, 1.807) is 44.8 Å². The van der Waals surface area contributed by atoms with E-state index in [9.17, 15) is 14.0 Å². The van der Waals surface area contributed by atoms with Gasteiger partial charge in [-0.2, -0.15) is 0 Å². The Bertz CT molecular complexity index is 1740. The Labute approximate surface area is 237 Å². The first-order chi connectivity index (χ1) is 19.8.